The molecule has 7 nitrogen and oxygen atoms in total. The van der Waals surface area contributed by atoms with Crippen molar-refractivity contribution in [2.45, 2.75) is 51.7 Å². The molecule has 146 valence electrons. The van der Waals surface area contributed by atoms with Crippen LogP contribution in [0, 0.1) is 18.7 Å². The summed E-state index contributed by atoms with van der Waals surface area (Å²) in [6, 6.07) is 1.22. The number of aryl methyl sites for hydroxylation is 1. The number of hydrogen-bond donors (Lipinski definition) is 2. The van der Waals surface area contributed by atoms with E-state index in [9.17, 15) is 14.7 Å². The van der Waals surface area contributed by atoms with Crippen LogP contribution in [0.15, 0.2) is 15.7 Å². The van der Waals surface area contributed by atoms with Crippen molar-refractivity contribution in [3.63, 3.8) is 0 Å². The zero-order valence-corrected chi connectivity index (χ0v) is 15.6. The molecule has 27 heavy (non-hydrogen) atoms. The fraction of sp³-hybridized carbons (Fsp3) is 0.579. The molecule has 1 aliphatic carbocycles. The van der Waals surface area contributed by atoms with Crippen LogP contribution in [-0.4, -0.2) is 33.5 Å². The van der Waals surface area contributed by atoms with E-state index in [1.54, 1.807) is 18.4 Å². The van der Waals surface area contributed by atoms with E-state index in [0.717, 1.165) is 19.3 Å². The van der Waals surface area contributed by atoms with E-state index in [-0.39, 0.29) is 17.5 Å². The minimum atomic E-state index is -0.672. The third-order valence-electron chi connectivity index (χ3n) is 5.75. The van der Waals surface area contributed by atoms with Crippen molar-refractivity contribution in [3.8, 4) is 0 Å². The summed E-state index contributed by atoms with van der Waals surface area (Å²) in [5, 5.41) is 9.77. The summed E-state index contributed by atoms with van der Waals surface area (Å²) in [5.74, 6) is 5.47. The van der Waals surface area contributed by atoms with Crippen molar-refractivity contribution in [1.82, 2.24) is 9.24 Å². The highest BCUT2D eigenvalue weighted by Crippen LogP contribution is 2.39. The van der Waals surface area contributed by atoms with Gasteiger partial charge in [0.2, 0.25) is 0 Å². The van der Waals surface area contributed by atoms with Gasteiger partial charge in [-0.15, -0.1) is 0 Å². The third-order valence-corrected chi connectivity index (χ3v) is 5.75. The highest BCUT2D eigenvalue weighted by molar-refractivity contribution is 5.87. The number of aliphatic hydroxyl groups excluding tert-OH is 1. The molecule has 2 aromatic rings. The van der Waals surface area contributed by atoms with Gasteiger partial charge in [-0.05, 0) is 51.5 Å². The molecule has 2 fully saturated rings. The molecule has 1 saturated carbocycles. The largest absolute Gasteiger partial charge is 0.393 e. The Bertz CT molecular complexity index is 1020. The Morgan fingerprint density at radius 2 is 2.04 bits per heavy atom. The van der Waals surface area contributed by atoms with Crippen LogP contribution in [0.2, 0.25) is 0 Å². The van der Waals surface area contributed by atoms with Crippen molar-refractivity contribution in [2.24, 2.45) is 5.92 Å². The topological polar surface area (TPSA) is 93.5 Å². The number of hydrogen-bond acceptors (Lipinski definition) is 5. The average molecular weight is 376 g/mol. The van der Waals surface area contributed by atoms with Gasteiger partial charge in [0.1, 0.15) is 5.82 Å². The van der Waals surface area contributed by atoms with Gasteiger partial charge < -0.3 is 15.8 Å². The second-order valence-electron chi connectivity index (χ2n) is 7.97. The molecule has 3 N–H and O–H groups in total. The van der Waals surface area contributed by atoms with E-state index in [0.29, 0.717) is 46.9 Å². The van der Waals surface area contributed by atoms with Crippen LogP contribution in [0.4, 0.5) is 10.1 Å². The molecule has 2 unspecified atom stereocenters. The van der Waals surface area contributed by atoms with Gasteiger partial charge >= 0.3 is 5.69 Å². The van der Waals surface area contributed by atoms with Crippen LogP contribution in [0.5, 0.6) is 0 Å². The molecule has 1 aliphatic heterocycles. The molecule has 0 bridgehead atoms. The molecule has 0 spiro atoms. The summed E-state index contributed by atoms with van der Waals surface area (Å²) in [7, 11) is 0. The lowest BCUT2D eigenvalue weighted by Gasteiger charge is -2.24. The Hall–Kier alpha value is -2.35. The molecule has 4 rings (SSSR count). The van der Waals surface area contributed by atoms with Crippen LogP contribution in [0.25, 0.3) is 10.9 Å². The number of aromatic nitrogens is 2. The molecule has 1 aromatic carbocycles. The first kappa shape index (κ1) is 18.0. The van der Waals surface area contributed by atoms with Crippen LogP contribution < -0.4 is 22.0 Å². The fourth-order valence-electron chi connectivity index (χ4n) is 4.43. The Labute approximate surface area is 155 Å². The van der Waals surface area contributed by atoms with Crippen molar-refractivity contribution in [1.29, 1.82) is 0 Å². The van der Waals surface area contributed by atoms with E-state index >= 15 is 4.39 Å². The summed E-state index contributed by atoms with van der Waals surface area (Å²) in [6.45, 7) is 4.86. The van der Waals surface area contributed by atoms with Crippen molar-refractivity contribution >= 4 is 16.6 Å². The summed E-state index contributed by atoms with van der Waals surface area (Å²) >= 11 is 0. The second kappa shape index (κ2) is 6.37. The molecule has 1 saturated heterocycles. The molecule has 1 aromatic heterocycles. The summed E-state index contributed by atoms with van der Waals surface area (Å²) in [6.07, 6.45) is 2.86. The zero-order valence-electron chi connectivity index (χ0n) is 15.6. The number of nitrogens with zero attached hydrogens (tertiary/aromatic N) is 3. The molecule has 8 heteroatoms. The number of rotatable bonds is 4. The number of aliphatic hydroxyl groups is 1. The SMILES string of the molecule is Cc1c(N2CCC(CC(C)O)C2)c(F)cc2c(=O)n(N)c(=O)n(C3CC3)c12. The van der Waals surface area contributed by atoms with E-state index in [1.165, 1.54) is 6.07 Å². The van der Waals surface area contributed by atoms with Crippen molar-refractivity contribution < 1.29 is 9.50 Å². The predicted octanol–water partition coefficient (Wildman–Crippen LogP) is 1.26. The smallest absolute Gasteiger partial charge is 0.350 e. The van der Waals surface area contributed by atoms with Gasteiger partial charge in [0.25, 0.3) is 5.56 Å². The standard InChI is InChI=1S/C19H25FN4O3/c1-10(25)7-12-5-6-22(9-12)17-11(2)16-14(8-15(17)20)18(26)24(21)19(27)23(16)13-3-4-13/h8,10,12-13,25H,3-7,9,21H2,1-2H3. The third kappa shape index (κ3) is 2.92. The first-order valence-corrected chi connectivity index (χ1v) is 9.48. The van der Waals surface area contributed by atoms with E-state index in [1.807, 2.05) is 4.90 Å². The highest BCUT2D eigenvalue weighted by atomic mass is 19.1. The second-order valence-corrected chi connectivity index (χ2v) is 7.97. The maximum Gasteiger partial charge on any atom is 0.350 e. The van der Waals surface area contributed by atoms with Crippen LogP contribution >= 0.6 is 0 Å². The van der Waals surface area contributed by atoms with Gasteiger partial charge in [0.05, 0.1) is 22.7 Å². The van der Waals surface area contributed by atoms with Gasteiger partial charge in [-0.25, -0.2) is 9.18 Å². The average Bonchev–Trinajstić information content (AvgIpc) is 3.34. The van der Waals surface area contributed by atoms with Gasteiger partial charge in [0, 0.05) is 24.7 Å². The van der Waals surface area contributed by atoms with Gasteiger partial charge in [-0.3, -0.25) is 9.36 Å². The zero-order chi connectivity index (χ0) is 19.5. The first-order chi connectivity index (χ1) is 12.8. The number of halogens is 1. The number of anilines is 1. The quantitative estimate of drug-likeness (QED) is 0.784. The van der Waals surface area contributed by atoms with Crippen molar-refractivity contribution in [3.05, 3.63) is 38.3 Å². The number of nitrogen functional groups attached to an aromatic ring is 1. The lowest BCUT2D eigenvalue weighted by Crippen LogP contribution is -2.44. The molecule has 2 aliphatic rings. The lowest BCUT2D eigenvalue weighted by molar-refractivity contribution is 0.164. The number of nitrogens with two attached hydrogens (primary N) is 1. The van der Waals surface area contributed by atoms with Crippen molar-refractivity contribution in [2.75, 3.05) is 23.8 Å². The highest BCUT2D eigenvalue weighted by Gasteiger charge is 2.32. The summed E-state index contributed by atoms with van der Waals surface area (Å²) in [5.41, 5.74) is 0.311. The normalized spacial score (nSPS) is 21.2. The minimum Gasteiger partial charge on any atom is -0.393 e. The van der Waals surface area contributed by atoms with Gasteiger partial charge in [-0.1, -0.05) is 0 Å². The Balaban J connectivity index is 1.89. The molecule has 0 radical (unpaired) electrons. The van der Waals surface area contributed by atoms with Crippen LogP contribution in [0.1, 0.15) is 44.2 Å². The summed E-state index contributed by atoms with van der Waals surface area (Å²) in [4.78, 5) is 27.0. The molecular formula is C19H25FN4O3. The Kier molecular flexibility index (Phi) is 4.25. The Morgan fingerprint density at radius 3 is 2.67 bits per heavy atom. The van der Waals surface area contributed by atoms with Gasteiger partial charge in [0.15, 0.2) is 0 Å². The molecule has 0 amide bonds. The minimum absolute atomic E-state index is 0.00831. The molecular weight excluding hydrogens is 351 g/mol. The first-order valence-electron chi connectivity index (χ1n) is 9.48. The predicted molar refractivity (Wildman–Crippen MR) is 102 cm³/mol. The number of fused-ring (bicyclic) bond motifs is 1. The Morgan fingerprint density at radius 1 is 1.33 bits per heavy atom. The molecule has 2 heterocycles. The lowest BCUT2D eigenvalue weighted by atomic mass is 10.0. The monoisotopic (exact) mass is 376 g/mol. The van der Waals surface area contributed by atoms with Gasteiger partial charge in [-0.2, -0.15) is 4.68 Å². The number of benzene rings is 1. The maximum absolute atomic E-state index is 15.0. The molecule has 2 atom stereocenters. The fourth-order valence-corrected chi connectivity index (χ4v) is 4.43. The van der Waals surface area contributed by atoms with Crippen LogP contribution in [-0.2, 0) is 0 Å². The van der Waals surface area contributed by atoms with E-state index in [4.69, 9.17) is 5.84 Å². The van der Waals surface area contributed by atoms with E-state index < -0.39 is 17.1 Å². The van der Waals surface area contributed by atoms with E-state index in [2.05, 4.69) is 0 Å². The van der Waals surface area contributed by atoms with Crippen LogP contribution in [0.3, 0.4) is 0 Å². The maximum atomic E-state index is 15.0. The summed E-state index contributed by atoms with van der Waals surface area (Å²) < 4.78 is 17.1.